The van der Waals surface area contributed by atoms with Crippen LogP contribution in [0.25, 0.3) is 44.5 Å². The van der Waals surface area contributed by atoms with Gasteiger partial charge in [-0.1, -0.05) is 184 Å². The van der Waals surface area contributed by atoms with E-state index in [1.807, 2.05) is 0 Å². The molecule has 0 radical (unpaired) electrons. The van der Waals surface area contributed by atoms with Crippen molar-refractivity contribution in [3.8, 4) is 33.4 Å². The highest BCUT2D eigenvalue weighted by Gasteiger charge is 2.42. The van der Waals surface area contributed by atoms with Crippen molar-refractivity contribution in [2.45, 2.75) is 44.4 Å². The number of aryl methyl sites for hydroxylation is 1. The molecule has 2 aliphatic rings. The molecule has 0 heterocycles. The van der Waals surface area contributed by atoms with Crippen LogP contribution >= 0.6 is 0 Å². The van der Waals surface area contributed by atoms with Crippen molar-refractivity contribution < 1.29 is 0 Å². The Labute approximate surface area is 313 Å². The first-order chi connectivity index (χ1) is 25.9. The van der Waals surface area contributed by atoms with Crippen molar-refractivity contribution in [3.63, 3.8) is 0 Å². The molecule has 256 valence electrons. The third-order valence-corrected chi connectivity index (χ3v) is 11.6. The van der Waals surface area contributed by atoms with Gasteiger partial charge in [0.2, 0.25) is 0 Å². The Kier molecular flexibility index (Phi) is 8.36. The summed E-state index contributed by atoms with van der Waals surface area (Å²) in [5.41, 5.74) is 19.7. The van der Waals surface area contributed by atoms with Crippen molar-refractivity contribution in [1.29, 1.82) is 5.41 Å². The van der Waals surface area contributed by atoms with Gasteiger partial charge in [0.05, 0.1) is 0 Å². The third kappa shape index (κ3) is 6.07. The molecule has 9 rings (SSSR count). The molecule has 0 atom stereocenters. The average molecular weight is 682 g/mol. The predicted molar refractivity (Wildman–Crippen MR) is 224 cm³/mol. The van der Waals surface area contributed by atoms with E-state index in [1.54, 1.807) is 0 Å². The quantitative estimate of drug-likeness (QED) is 0.165. The maximum atomic E-state index is 9.01. The SMILES string of the molecule is CC1(C)C2=C(C(=N)Cc3ccc(-c4ccc(CCC(c5ccc(-c6ccccc6)cc5)c5ccc(-c6ccccc6)cc5)cc4)cc32)c2ccccc21. The Morgan fingerprint density at radius 1 is 0.509 bits per heavy atom. The average Bonchev–Trinajstić information content (AvgIpc) is 3.46. The van der Waals surface area contributed by atoms with E-state index in [1.165, 1.54) is 77.9 Å². The molecule has 0 aromatic heterocycles. The van der Waals surface area contributed by atoms with Gasteiger partial charge in [-0.2, -0.15) is 0 Å². The van der Waals surface area contributed by atoms with Crippen LogP contribution in [0, 0.1) is 5.41 Å². The van der Waals surface area contributed by atoms with Gasteiger partial charge in [-0.15, -0.1) is 0 Å². The molecule has 0 saturated carbocycles. The minimum absolute atomic E-state index is 0.143. The number of nitrogens with one attached hydrogen (secondary N) is 1. The Hall–Kier alpha value is -6.05. The smallest absolute Gasteiger partial charge is 0.0439 e. The normalized spacial score (nSPS) is 14.2. The minimum atomic E-state index is -0.143. The summed E-state index contributed by atoms with van der Waals surface area (Å²) in [4.78, 5) is 0. The van der Waals surface area contributed by atoms with Crippen LogP contribution < -0.4 is 0 Å². The lowest BCUT2D eigenvalue weighted by molar-refractivity contribution is 0.702. The molecule has 1 nitrogen and oxygen atoms in total. The lowest BCUT2D eigenvalue weighted by Crippen LogP contribution is -2.20. The predicted octanol–water partition coefficient (Wildman–Crippen LogP) is 13.2. The molecule has 0 saturated heterocycles. The minimum Gasteiger partial charge on any atom is -0.304 e. The molecule has 1 heteroatoms. The third-order valence-electron chi connectivity index (χ3n) is 11.6. The molecule has 0 bridgehead atoms. The van der Waals surface area contributed by atoms with Crippen molar-refractivity contribution in [1.82, 2.24) is 0 Å². The summed E-state index contributed by atoms with van der Waals surface area (Å²) in [6, 6.07) is 64.5. The van der Waals surface area contributed by atoms with Gasteiger partial charge in [-0.05, 0) is 96.8 Å². The summed E-state index contributed by atoms with van der Waals surface area (Å²) in [6.45, 7) is 4.64. The maximum Gasteiger partial charge on any atom is 0.0439 e. The first-order valence-electron chi connectivity index (χ1n) is 18.9. The second-order valence-electron chi connectivity index (χ2n) is 15.2. The standard InChI is InChI=1S/C52H43N/c1-52(2)48-16-10-9-15-46(48)50-49(53)34-44-31-30-43(33-47(44)51(50)52)40-20-17-35(18-21-40)19-32-45(41-26-22-38(23-27-41)36-11-5-3-6-12-36)42-28-24-39(25-29-42)37-13-7-4-8-14-37/h3-18,20-31,33,45,53H,19,32,34H2,1-2H3. The maximum absolute atomic E-state index is 9.01. The first-order valence-corrected chi connectivity index (χ1v) is 18.9. The van der Waals surface area contributed by atoms with Crippen LogP contribution in [0.2, 0.25) is 0 Å². The molecule has 7 aromatic carbocycles. The summed E-state index contributed by atoms with van der Waals surface area (Å²) < 4.78 is 0. The molecular formula is C52H43N. The number of hydrogen-bond donors (Lipinski definition) is 1. The van der Waals surface area contributed by atoms with Gasteiger partial charge in [-0.3, -0.25) is 0 Å². The van der Waals surface area contributed by atoms with E-state index in [0.717, 1.165) is 24.1 Å². The Balaban J connectivity index is 0.983. The van der Waals surface area contributed by atoms with Crippen LogP contribution in [-0.2, 0) is 18.3 Å². The van der Waals surface area contributed by atoms with Crippen molar-refractivity contribution in [2.75, 3.05) is 0 Å². The zero-order valence-corrected chi connectivity index (χ0v) is 30.4. The number of rotatable bonds is 8. The monoisotopic (exact) mass is 681 g/mol. The Morgan fingerprint density at radius 3 is 1.60 bits per heavy atom. The molecule has 0 spiro atoms. The molecular weight excluding hydrogens is 639 g/mol. The highest BCUT2D eigenvalue weighted by atomic mass is 14.5. The molecule has 0 unspecified atom stereocenters. The second-order valence-corrected chi connectivity index (χ2v) is 15.2. The largest absolute Gasteiger partial charge is 0.304 e. The van der Waals surface area contributed by atoms with E-state index >= 15 is 0 Å². The zero-order valence-electron chi connectivity index (χ0n) is 30.4. The van der Waals surface area contributed by atoms with Crippen LogP contribution in [0.5, 0.6) is 0 Å². The zero-order chi connectivity index (χ0) is 35.9. The number of hydrogen-bond acceptors (Lipinski definition) is 1. The Morgan fingerprint density at radius 2 is 1.00 bits per heavy atom. The second kappa shape index (κ2) is 13.5. The van der Waals surface area contributed by atoms with E-state index in [0.29, 0.717) is 6.42 Å². The lowest BCUT2D eigenvalue weighted by atomic mass is 9.74. The van der Waals surface area contributed by atoms with Crippen molar-refractivity contribution >= 4 is 16.9 Å². The topological polar surface area (TPSA) is 23.9 Å². The summed E-state index contributed by atoms with van der Waals surface area (Å²) >= 11 is 0. The number of benzene rings is 7. The fraction of sp³-hybridized carbons (Fsp3) is 0.135. The van der Waals surface area contributed by atoms with Crippen molar-refractivity contribution in [3.05, 3.63) is 215 Å². The van der Waals surface area contributed by atoms with Gasteiger partial charge >= 0.3 is 0 Å². The molecule has 2 aliphatic carbocycles. The molecule has 7 aromatic rings. The molecule has 53 heavy (non-hydrogen) atoms. The van der Waals surface area contributed by atoms with E-state index in [2.05, 4.69) is 190 Å². The fourth-order valence-electron chi connectivity index (χ4n) is 8.81. The lowest BCUT2D eigenvalue weighted by Gasteiger charge is -2.29. The highest BCUT2D eigenvalue weighted by molar-refractivity contribution is 6.34. The van der Waals surface area contributed by atoms with Crippen LogP contribution in [0.15, 0.2) is 176 Å². The van der Waals surface area contributed by atoms with Crippen molar-refractivity contribution in [2.24, 2.45) is 0 Å². The summed E-state index contributed by atoms with van der Waals surface area (Å²) in [6.07, 6.45) is 2.69. The van der Waals surface area contributed by atoms with Crippen LogP contribution in [0.1, 0.15) is 65.1 Å². The molecule has 0 fully saturated rings. The molecule has 0 aliphatic heterocycles. The van der Waals surface area contributed by atoms with E-state index in [4.69, 9.17) is 5.41 Å². The van der Waals surface area contributed by atoms with E-state index in [9.17, 15) is 0 Å². The van der Waals surface area contributed by atoms with E-state index < -0.39 is 0 Å². The van der Waals surface area contributed by atoms with Crippen LogP contribution in [0.4, 0.5) is 0 Å². The van der Waals surface area contributed by atoms with Crippen LogP contribution in [-0.4, -0.2) is 5.71 Å². The number of fused-ring (bicyclic) bond motifs is 4. The first kappa shape index (κ1) is 32.8. The Bertz CT molecular complexity index is 2380. The van der Waals surface area contributed by atoms with Gasteiger partial charge in [0.25, 0.3) is 0 Å². The highest BCUT2D eigenvalue weighted by Crippen LogP contribution is 2.54. The molecule has 1 N–H and O–H groups in total. The van der Waals surface area contributed by atoms with Gasteiger partial charge in [0.1, 0.15) is 0 Å². The van der Waals surface area contributed by atoms with Gasteiger partial charge in [0, 0.05) is 29.0 Å². The van der Waals surface area contributed by atoms with Crippen LogP contribution in [0.3, 0.4) is 0 Å². The fourth-order valence-corrected chi connectivity index (χ4v) is 8.81. The van der Waals surface area contributed by atoms with E-state index in [-0.39, 0.29) is 11.3 Å². The van der Waals surface area contributed by atoms with Gasteiger partial charge in [-0.25, -0.2) is 0 Å². The van der Waals surface area contributed by atoms with Gasteiger partial charge < -0.3 is 5.41 Å². The summed E-state index contributed by atoms with van der Waals surface area (Å²) in [5, 5.41) is 9.01. The summed E-state index contributed by atoms with van der Waals surface area (Å²) in [5.74, 6) is 0.282. The van der Waals surface area contributed by atoms with Gasteiger partial charge in [0.15, 0.2) is 0 Å². The summed E-state index contributed by atoms with van der Waals surface area (Å²) in [7, 11) is 0. The molecule has 0 amide bonds. The number of allylic oxidation sites excluding steroid dienone is 2.